The third kappa shape index (κ3) is 3.87. The zero-order valence-corrected chi connectivity index (χ0v) is 13.3. The van der Waals surface area contributed by atoms with E-state index in [-0.39, 0.29) is 5.70 Å². The number of hydrogen-bond donors (Lipinski definition) is 0. The van der Waals surface area contributed by atoms with Gasteiger partial charge in [-0.3, -0.25) is 14.4 Å². The monoisotopic (exact) mass is 329 g/mol. The predicted molar refractivity (Wildman–Crippen MR) is 95.9 cm³/mol. The molecule has 122 valence electrons. The summed E-state index contributed by atoms with van der Waals surface area (Å²) in [7, 11) is 0. The van der Waals surface area contributed by atoms with Crippen LogP contribution in [0, 0.1) is 0 Å². The fourth-order valence-corrected chi connectivity index (χ4v) is 2.41. The second-order valence-corrected chi connectivity index (χ2v) is 5.39. The van der Waals surface area contributed by atoms with Crippen LogP contribution in [0.3, 0.4) is 0 Å². The van der Waals surface area contributed by atoms with E-state index in [1.807, 2.05) is 48.5 Å². The van der Waals surface area contributed by atoms with Crippen LogP contribution >= 0.6 is 0 Å². The molecule has 0 atom stereocenters. The molecular formula is C21H15NO3. The minimum absolute atomic E-state index is 0.0263. The Morgan fingerprint density at radius 2 is 1.28 bits per heavy atom. The van der Waals surface area contributed by atoms with Crippen LogP contribution < -0.4 is 0 Å². The van der Waals surface area contributed by atoms with Crippen LogP contribution in [0.4, 0.5) is 0 Å². The molecule has 1 aliphatic rings. The van der Waals surface area contributed by atoms with Gasteiger partial charge in [0.15, 0.2) is 0 Å². The first kappa shape index (κ1) is 16.3. The predicted octanol–water partition coefficient (Wildman–Crippen LogP) is 3.24. The average molecular weight is 329 g/mol. The molecule has 2 aromatic rings. The molecule has 0 bridgehead atoms. The van der Waals surface area contributed by atoms with Crippen molar-refractivity contribution >= 4 is 29.7 Å². The SMILES string of the molecule is O=C(C=Cc1ccccc1)C(=Cc1ccccc1)N1C(=O)C=CC1=O. The minimum atomic E-state index is -0.520. The van der Waals surface area contributed by atoms with Crippen molar-refractivity contribution in [2.24, 2.45) is 0 Å². The maximum atomic E-state index is 12.7. The van der Waals surface area contributed by atoms with Gasteiger partial charge < -0.3 is 0 Å². The molecular weight excluding hydrogens is 314 g/mol. The lowest BCUT2D eigenvalue weighted by atomic mass is 10.1. The highest BCUT2D eigenvalue weighted by molar-refractivity contribution is 6.21. The Morgan fingerprint density at radius 1 is 0.760 bits per heavy atom. The van der Waals surface area contributed by atoms with Gasteiger partial charge in [-0.2, -0.15) is 0 Å². The van der Waals surface area contributed by atoms with E-state index in [1.165, 1.54) is 6.08 Å². The molecule has 4 nitrogen and oxygen atoms in total. The first-order valence-corrected chi connectivity index (χ1v) is 7.75. The third-order valence-corrected chi connectivity index (χ3v) is 3.63. The quantitative estimate of drug-likeness (QED) is 0.625. The molecule has 4 heteroatoms. The van der Waals surface area contributed by atoms with E-state index in [4.69, 9.17) is 0 Å². The van der Waals surface area contributed by atoms with Gasteiger partial charge in [-0.1, -0.05) is 66.7 Å². The smallest absolute Gasteiger partial charge is 0.258 e. The van der Waals surface area contributed by atoms with Gasteiger partial charge in [0, 0.05) is 12.2 Å². The van der Waals surface area contributed by atoms with Crippen molar-refractivity contribution in [3.63, 3.8) is 0 Å². The van der Waals surface area contributed by atoms with E-state index in [2.05, 4.69) is 0 Å². The summed E-state index contributed by atoms with van der Waals surface area (Å²) in [6, 6.07) is 18.4. The molecule has 3 rings (SSSR count). The van der Waals surface area contributed by atoms with Crippen LogP contribution in [0.5, 0.6) is 0 Å². The van der Waals surface area contributed by atoms with Gasteiger partial charge in [-0.05, 0) is 23.3 Å². The van der Waals surface area contributed by atoms with E-state index in [1.54, 1.807) is 24.3 Å². The van der Waals surface area contributed by atoms with Gasteiger partial charge in [0.2, 0.25) is 5.78 Å². The number of benzene rings is 2. The lowest BCUT2D eigenvalue weighted by Gasteiger charge is -2.16. The van der Waals surface area contributed by atoms with Gasteiger partial charge in [-0.25, -0.2) is 4.90 Å². The fraction of sp³-hybridized carbons (Fsp3) is 0. The summed E-state index contributed by atoms with van der Waals surface area (Å²) >= 11 is 0. The van der Waals surface area contributed by atoms with Crippen LogP contribution in [0.15, 0.2) is 84.6 Å². The number of allylic oxidation sites excluding steroid dienone is 1. The van der Waals surface area contributed by atoms with Crippen LogP contribution in [0.25, 0.3) is 12.2 Å². The summed E-state index contributed by atoms with van der Waals surface area (Å²) in [6.07, 6.45) is 6.88. The number of nitrogens with zero attached hydrogens (tertiary/aromatic N) is 1. The highest BCUT2D eigenvalue weighted by Crippen LogP contribution is 2.18. The van der Waals surface area contributed by atoms with E-state index in [0.29, 0.717) is 0 Å². The normalized spacial score (nSPS) is 14.6. The van der Waals surface area contributed by atoms with Gasteiger partial charge in [0.05, 0.1) is 0 Å². The maximum Gasteiger partial charge on any atom is 0.258 e. The number of rotatable bonds is 5. The Hall–Kier alpha value is -3.53. The molecule has 2 aromatic carbocycles. The van der Waals surface area contributed by atoms with E-state index in [9.17, 15) is 14.4 Å². The van der Waals surface area contributed by atoms with Crippen molar-refractivity contribution in [3.8, 4) is 0 Å². The van der Waals surface area contributed by atoms with Crippen molar-refractivity contribution in [1.82, 2.24) is 4.90 Å². The highest BCUT2D eigenvalue weighted by atomic mass is 16.2. The van der Waals surface area contributed by atoms with Crippen LogP contribution in [-0.2, 0) is 14.4 Å². The molecule has 1 heterocycles. The summed E-state index contributed by atoms with van der Waals surface area (Å²) in [6.45, 7) is 0. The number of hydrogen-bond acceptors (Lipinski definition) is 3. The Kier molecular flexibility index (Phi) is 4.81. The van der Waals surface area contributed by atoms with Gasteiger partial charge in [-0.15, -0.1) is 0 Å². The molecule has 0 spiro atoms. The Balaban J connectivity index is 1.95. The number of amides is 2. The van der Waals surface area contributed by atoms with Crippen LogP contribution in [0.2, 0.25) is 0 Å². The molecule has 0 saturated heterocycles. The van der Waals surface area contributed by atoms with Crippen LogP contribution in [0.1, 0.15) is 11.1 Å². The van der Waals surface area contributed by atoms with Gasteiger partial charge >= 0.3 is 0 Å². The molecule has 0 fully saturated rings. The molecule has 0 N–H and O–H groups in total. The summed E-state index contributed by atoms with van der Waals surface area (Å²) in [5, 5.41) is 0. The van der Waals surface area contributed by atoms with Crippen molar-refractivity contribution in [2.75, 3.05) is 0 Å². The highest BCUT2D eigenvalue weighted by Gasteiger charge is 2.29. The second kappa shape index (κ2) is 7.36. The zero-order valence-electron chi connectivity index (χ0n) is 13.3. The van der Waals surface area contributed by atoms with E-state index in [0.717, 1.165) is 28.2 Å². The largest absolute Gasteiger partial charge is 0.288 e. The lowest BCUT2D eigenvalue weighted by Crippen LogP contribution is -2.32. The molecule has 0 unspecified atom stereocenters. The fourth-order valence-electron chi connectivity index (χ4n) is 2.41. The van der Waals surface area contributed by atoms with Crippen molar-refractivity contribution in [3.05, 3.63) is 95.7 Å². The van der Waals surface area contributed by atoms with Crippen LogP contribution in [-0.4, -0.2) is 22.5 Å². The molecule has 0 aromatic heterocycles. The maximum absolute atomic E-state index is 12.7. The van der Waals surface area contributed by atoms with Gasteiger partial charge in [0.1, 0.15) is 5.70 Å². The number of carbonyl (C=O) groups is 3. The van der Waals surface area contributed by atoms with Crippen molar-refractivity contribution in [1.29, 1.82) is 0 Å². The van der Waals surface area contributed by atoms with E-state index < -0.39 is 17.6 Å². The topological polar surface area (TPSA) is 54.5 Å². The molecule has 25 heavy (non-hydrogen) atoms. The third-order valence-electron chi connectivity index (χ3n) is 3.63. The first-order chi connectivity index (χ1) is 12.1. The average Bonchev–Trinajstić information content (AvgIpc) is 2.98. The first-order valence-electron chi connectivity index (χ1n) is 7.75. The zero-order chi connectivity index (χ0) is 17.6. The number of carbonyl (C=O) groups excluding carboxylic acids is 3. The number of ketones is 1. The summed E-state index contributed by atoms with van der Waals surface area (Å²) in [4.78, 5) is 37.6. The second-order valence-electron chi connectivity index (χ2n) is 5.39. The summed E-state index contributed by atoms with van der Waals surface area (Å²) in [5.41, 5.74) is 1.61. The molecule has 1 aliphatic heterocycles. The standard InChI is InChI=1S/C21H15NO3/c23-19(12-11-16-7-3-1-4-8-16)18(15-17-9-5-2-6-10-17)22-20(24)13-14-21(22)25/h1-15H. The minimum Gasteiger partial charge on any atom is -0.288 e. The molecule has 2 amide bonds. The van der Waals surface area contributed by atoms with Gasteiger partial charge in [0.25, 0.3) is 11.8 Å². The Morgan fingerprint density at radius 3 is 1.84 bits per heavy atom. The molecule has 0 saturated carbocycles. The Labute approximate surface area is 145 Å². The van der Waals surface area contributed by atoms with Crippen molar-refractivity contribution < 1.29 is 14.4 Å². The lowest BCUT2D eigenvalue weighted by molar-refractivity contribution is -0.136. The molecule has 0 radical (unpaired) electrons. The Bertz CT molecular complexity index is 875. The van der Waals surface area contributed by atoms with E-state index >= 15 is 0 Å². The summed E-state index contributed by atoms with van der Waals surface area (Å²) in [5.74, 6) is -1.46. The van der Waals surface area contributed by atoms with Crippen molar-refractivity contribution in [2.45, 2.75) is 0 Å². The summed E-state index contributed by atoms with van der Waals surface area (Å²) < 4.78 is 0. The number of imide groups is 1. The molecule has 0 aliphatic carbocycles.